The van der Waals surface area contributed by atoms with E-state index in [1.807, 2.05) is 18.2 Å². The number of imidazole rings is 1. The molecule has 0 aliphatic carbocycles. The third kappa shape index (κ3) is 2.47. The van der Waals surface area contributed by atoms with Crippen LogP contribution in [0, 0.1) is 0 Å². The van der Waals surface area contributed by atoms with Gasteiger partial charge in [-0.1, -0.05) is 23.7 Å². The van der Waals surface area contributed by atoms with E-state index in [4.69, 9.17) is 16.7 Å². The molecule has 4 nitrogen and oxygen atoms in total. The van der Waals surface area contributed by atoms with Gasteiger partial charge in [0.2, 0.25) is 0 Å². The first-order valence-electron chi connectivity index (χ1n) is 5.06. The van der Waals surface area contributed by atoms with Crippen LogP contribution in [0.1, 0.15) is 21.9 Å². The average Bonchev–Trinajstić information content (AvgIpc) is 2.61. The van der Waals surface area contributed by atoms with Crippen LogP contribution in [0.2, 0.25) is 5.02 Å². The molecule has 0 bridgehead atoms. The summed E-state index contributed by atoms with van der Waals surface area (Å²) in [6, 6.07) is 7.43. The van der Waals surface area contributed by atoms with Crippen LogP contribution in [0.25, 0.3) is 0 Å². The van der Waals surface area contributed by atoms with Crippen molar-refractivity contribution >= 4 is 17.6 Å². The van der Waals surface area contributed by atoms with Crippen LogP contribution in [0.3, 0.4) is 0 Å². The summed E-state index contributed by atoms with van der Waals surface area (Å²) in [7, 11) is 1.69. The van der Waals surface area contributed by atoms with E-state index in [9.17, 15) is 4.79 Å². The summed E-state index contributed by atoms with van der Waals surface area (Å²) < 4.78 is 1.57. The number of halogens is 1. The van der Waals surface area contributed by atoms with Gasteiger partial charge in [-0.25, -0.2) is 9.78 Å². The number of aromatic nitrogens is 2. The summed E-state index contributed by atoms with van der Waals surface area (Å²) in [4.78, 5) is 15.0. The Kier molecular flexibility index (Phi) is 3.15. The van der Waals surface area contributed by atoms with Gasteiger partial charge < -0.3 is 9.67 Å². The highest BCUT2D eigenvalue weighted by Gasteiger charge is 2.12. The molecule has 5 heteroatoms. The Morgan fingerprint density at radius 3 is 2.88 bits per heavy atom. The standard InChI is InChI=1S/C12H11ClN2O2/c1-15-10(12(16)17)7-14-11(15)6-8-3-2-4-9(13)5-8/h2-5,7H,6H2,1H3,(H,16,17). The molecule has 2 aromatic rings. The number of rotatable bonds is 3. The Labute approximate surface area is 103 Å². The van der Waals surface area contributed by atoms with Crippen LogP contribution < -0.4 is 0 Å². The number of carboxylic acid groups (broad SMARTS) is 1. The molecule has 0 fully saturated rings. The second-order valence-electron chi connectivity index (χ2n) is 3.73. The van der Waals surface area contributed by atoms with Crippen molar-refractivity contribution in [2.45, 2.75) is 6.42 Å². The van der Waals surface area contributed by atoms with Crippen molar-refractivity contribution in [1.29, 1.82) is 0 Å². The number of nitrogens with zero attached hydrogens (tertiary/aromatic N) is 2. The van der Waals surface area contributed by atoms with E-state index in [2.05, 4.69) is 4.98 Å². The van der Waals surface area contributed by atoms with Crippen molar-refractivity contribution in [2.24, 2.45) is 7.05 Å². The largest absolute Gasteiger partial charge is 0.477 e. The topological polar surface area (TPSA) is 55.1 Å². The second kappa shape index (κ2) is 4.59. The first kappa shape index (κ1) is 11.7. The molecule has 0 unspecified atom stereocenters. The summed E-state index contributed by atoms with van der Waals surface area (Å²) in [5, 5.41) is 9.57. The molecule has 1 heterocycles. The van der Waals surface area contributed by atoms with E-state index in [1.54, 1.807) is 17.7 Å². The molecule has 0 radical (unpaired) electrons. The summed E-state index contributed by atoms with van der Waals surface area (Å²) in [6.45, 7) is 0. The minimum absolute atomic E-state index is 0.182. The van der Waals surface area contributed by atoms with E-state index in [1.165, 1.54) is 6.20 Å². The molecule has 0 saturated carbocycles. The number of hydrogen-bond acceptors (Lipinski definition) is 2. The Morgan fingerprint density at radius 2 is 2.29 bits per heavy atom. The van der Waals surface area contributed by atoms with Gasteiger partial charge in [0.05, 0.1) is 6.20 Å². The van der Waals surface area contributed by atoms with Crippen molar-refractivity contribution < 1.29 is 9.90 Å². The van der Waals surface area contributed by atoms with Gasteiger partial charge in [-0.2, -0.15) is 0 Å². The lowest BCUT2D eigenvalue weighted by Crippen LogP contribution is -2.07. The molecule has 0 aliphatic rings. The number of benzene rings is 1. The maximum absolute atomic E-state index is 10.9. The molecule has 1 aromatic carbocycles. The first-order valence-corrected chi connectivity index (χ1v) is 5.44. The van der Waals surface area contributed by atoms with E-state index >= 15 is 0 Å². The zero-order valence-corrected chi connectivity index (χ0v) is 9.98. The van der Waals surface area contributed by atoms with Gasteiger partial charge in [0, 0.05) is 18.5 Å². The molecule has 1 aromatic heterocycles. The summed E-state index contributed by atoms with van der Waals surface area (Å²) >= 11 is 5.89. The smallest absolute Gasteiger partial charge is 0.354 e. The minimum Gasteiger partial charge on any atom is -0.477 e. The van der Waals surface area contributed by atoms with Gasteiger partial charge >= 0.3 is 5.97 Å². The third-order valence-corrected chi connectivity index (χ3v) is 2.79. The molecule has 0 amide bonds. The SMILES string of the molecule is Cn1c(C(=O)O)cnc1Cc1cccc(Cl)c1. The Morgan fingerprint density at radius 1 is 1.53 bits per heavy atom. The first-order chi connectivity index (χ1) is 8.08. The molecule has 0 spiro atoms. The van der Waals surface area contributed by atoms with Crippen molar-refractivity contribution in [2.75, 3.05) is 0 Å². The highest BCUT2D eigenvalue weighted by molar-refractivity contribution is 6.30. The zero-order chi connectivity index (χ0) is 12.4. The fourth-order valence-electron chi connectivity index (χ4n) is 1.64. The Bertz CT molecular complexity index is 563. The summed E-state index contributed by atoms with van der Waals surface area (Å²) in [6.07, 6.45) is 1.92. The maximum Gasteiger partial charge on any atom is 0.354 e. The van der Waals surface area contributed by atoms with Gasteiger partial charge in [0.1, 0.15) is 11.5 Å². The van der Waals surface area contributed by atoms with E-state index in [-0.39, 0.29) is 5.69 Å². The number of aromatic carboxylic acids is 1. The Balaban J connectivity index is 2.28. The molecule has 0 atom stereocenters. The molecular weight excluding hydrogens is 240 g/mol. The highest BCUT2D eigenvalue weighted by atomic mass is 35.5. The number of hydrogen-bond donors (Lipinski definition) is 1. The van der Waals surface area contributed by atoms with Crippen molar-refractivity contribution in [3.05, 3.63) is 52.6 Å². The average molecular weight is 251 g/mol. The van der Waals surface area contributed by atoms with Crippen molar-refractivity contribution in [3.8, 4) is 0 Å². The van der Waals surface area contributed by atoms with Crippen LogP contribution >= 0.6 is 11.6 Å². The lowest BCUT2D eigenvalue weighted by atomic mass is 10.1. The van der Waals surface area contributed by atoms with Crippen LogP contribution in [0.15, 0.2) is 30.5 Å². The quantitative estimate of drug-likeness (QED) is 0.910. The van der Waals surface area contributed by atoms with Crippen molar-refractivity contribution in [1.82, 2.24) is 9.55 Å². The lowest BCUT2D eigenvalue weighted by molar-refractivity contribution is 0.0686. The van der Waals surface area contributed by atoms with Gasteiger partial charge in [-0.15, -0.1) is 0 Å². The van der Waals surface area contributed by atoms with E-state index in [0.29, 0.717) is 17.3 Å². The van der Waals surface area contributed by atoms with Crippen molar-refractivity contribution in [3.63, 3.8) is 0 Å². The minimum atomic E-state index is -0.975. The molecule has 1 N–H and O–H groups in total. The molecular formula is C12H11ClN2O2. The monoisotopic (exact) mass is 250 g/mol. The molecule has 2 rings (SSSR count). The predicted molar refractivity (Wildman–Crippen MR) is 64.4 cm³/mol. The Hall–Kier alpha value is -1.81. The fraction of sp³-hybridized carbons (Fsp3) is 0.167. The third-order valence-electron chi connectivity index (χ3n) is 2.55. The maximum atomic E-state index is 10.9. The molecule has 88 valence electrons. The van der Waals surface area contributed by atoms with Crippen LogP contribution in [-0.2, 0) is 13.5 Å². The van der Waals surface area contributed by atoms with Gasteiger partial charge in [-0.05, 0) is 17.7 Å². The lowest BCUT2D eigenvalue weighted by Gasteiger charge is -2.04. The molecule has 0 saturated heterocycles. The van der Waals surface area contributed by atoms with E-state index in [0.717, 1.165) is 5.56 Å². The predicted octanol–water partition coefficient (Wildman–Crippen LogP) is 2.36. The van der Waals surface area contributed by atoms with Gasteiger partial charge in [0.15, 0.2) is 0 Å². The summed E-state index contributed by atoms with van der Waals surface area (Å²) in [5.74, 6) is -0.276. The second-order valence-corrected chi connectivity index (χ2v) is 4.17. The molecule has 17 heavy (non-hydrogen) atoms. The van der Waals surface area contributed by atoms with Crippen LogP contribution in [0.5, 0.6) is 0 Å². The van der Waals surface area contributed by atoms with Crippen LogP contribution in [-0.4, -0.2) is 20.6 Å². The van der Waals surface area contributed by atoms with Gasteiger partial charge in [-0.3, -0.25) is 0 Å². The number of carboxylic acids is 1. The highest BCUT2D eigenvalue weighted by Crippen LogP contribution is 2.14. The fourth-order valence-corrected chi connectivity index (χ4v) is 1.85. The summed E-state index contributed by atoms with van der Waals surface area (Å²) in [5.41, 5.74) is 1.19. The zero-order valence-electron chi connectivity index (χ0n) is 9.22. The van der Waals surface area contributed by atoms with E-state index < -0.39 is 5.97 Å². The van der Waals surface area contributed by atoms with Crippen LogP contribution in [0.4, 0.5) is 0 Å². The normalized spacial score (nSPS) is 10.5. The van der Waals surface area contributed by atoms with Gasteiger partial charge in [0.25, 0.3) is 0 Å². The number of carbonyl (C=O) groups is 1. The molecule has 0 aliphatic heterocycles.